The molecule has 1 aliphatic rings. The Hall–Kier alpha value is -3.46. The summed E-state index contributed by atoms with van der Waals surface area (Å²) in [6.45, 7) is 1.85. The van der Waals surface area contributed by atoms with Crippen LogP contribution in [-0.4, -0.2) is 25.5 Å². The molecule has 0 radical (unpaired) electrons. The van der Waals surface area contributed by atoms with E-state index in [0.29, 0.717) is 12.0 Å². The van der Waals surface area contributed by atoms with Crippen molar-refractivity contribution in [1.82, 2.24) is 4.72 Å². The highest BCUT2D eigenvalue weighted by atomic mass is 32.2. The van der Waals surface area contributed by atoms with Crippen molar-refractivity contribution in [3.8, 4) is 0 Å². The number of furan rings is 1. The Morgan fingerprint density at radius 2 is 1.77 bits per heavy atom. The summed E-state index contributed by atoms with van der Waals surface area (Å²) >= 11 is 0. The normalized spacial score (nSPS) is 21.2. The molecule has 1 fully saturated rings. The third kappa shape index (κ3) is 4.60. The van der Waals surface area contributed by atoms with Gasteiger partial charge in [-0.15, -0.1) is 0 Å². The van der Waals surface area contributed by atoms with Gasteiger partial charge in [-0.3, -0.25) is 4.79 Å². The Balaban J connectivity index is 1.52. The second-order valence-corrected chi connectivity index (χ2v) is 10.5. The molecule has 5 rings (SSSR count). The molecular weight excluding hydrogens is 466 g/mol. The predicted molar refractivity (Wildman–Crippen MR) is 130 cm³/mol. The van der Waals surface area contributed by atoms with Crippen molar-refractivity contribution in [3.05, 3.63) is 102 Å². The van der Waals surface area contributed by atoms with Crippen molar-refractivity contribution in [3.63, 3.8) is 0 Å². The Kier molecular flexibility index (Phi) is 6.19. The number of sulfonamides is 1. The van der Waals surface area contributed by atoms with E-state index in [-0.39, 0.29) is 4.90 Å². The van der Waals surface area contributed by atoms with Gasteiger partial charge in [-0.1, -0.05) is 60.2 Å². The topological polar surface area (TPSA) is 106 Å². The van der Waals surface area contributed by atoms with Crippen LogP contribution in [0.1, 0.15) is 35.3 Å². The number of carboxylic acid groups (broad SMARTS) is 1. The summed E-state index contributed by atoms with van der Waals surface area (Å²) in [4.78, 5) is 12.4. The van der Waals surface area contributed by atoms with Crippen LogP contribution in [0.5, 0.6) is 0 Å². The van der Waals surface area contributed by atoms with Gasteiger partial charge >= 0.3 is 5.97 Å². The maximum atomic E-state index is 13.1. The molecule has 35 heavy (non-hydrogen) atoms. The van der Waals surface area contributed by atoms with E-state index in [2.05, 4.69) is 4.72 Å². The van der Waals surface area contributed by atoms with Crippen LogP contribution in [0.4, 0.5) is 0 Å². The van der Waals surface area contributed by atoms with Crippen LogP contribution in [0.2, 0.25) is 0 Å². The molecule has 180 valence electrons. The first-order valence-electron chi connectivity index (χ1n) is 11.3. The van der Waals surface area contributed by atoms with Crippen LogP contribution >= 0.6 is 0 Å². The summed E-state index contributed by atoms with van der Waals surface area (Å²) in [6, 6.07) is 20.4. The van der Waals surface area contributed by atoms with Crippen molar-refractivity contribution in [1.29, 1.82) is 0 Å². The summed E-state index contributed by atoms with van der Waals surface area (Å²) < 4.78 is 40.3. The van der Waals surface area contributed by atoms with Gasteiger partial charge in [-0.05, 0) is 47.9 Å². The van der Waals surface area contributed by atoms with E-state index in [1.54, 1.807) is 18.2 Å². The second kappa shape index (κ2) is 9.30. The van der Waals surface area contributed by atoms with Gasteiger partial charge in [-0.2, -0.15) is 4.72 Å². The molecule has 0 amide bonds. The molecule has 0 spiro atoms. The third-order valence-electron chi connectivity index (χ3n) is 6.54. The Bertz CT molecular complexity index is 1440. The number of benzene rings is 3. The maximum Gasteiger partial charge on any atom is 0.322 e. The van der Waals surface area contributed by atoms with Crippen LogP contribution in [-0.2, 0) is 19.6 Å². The molecule has 0 saturated carbocycles. The van der Waals surface area contributed by atoms with Crippen molar-refractivity contribution in [2.45, 2.75) is 36.5 Å². The van der Waals surface area contributed by atoms with Crippen molar-refractivity contribution in [2.24, 2.45) is 5.92 Å². The molecule has 1 unspecified atom stereocenters. The molecule has 1 aromatic heterocycles. The number of rotatable bonds is 7. The van der Waals surface area contributed by atoms with E-state index in [0.717, 1.165) is 21.9 Å². The number of aliphatic carboxylic acids is 1. The minimum atomic E-state index is -4.08. The number of carboxylic acids is 1. The van der Waals surface area contributed by atoms with Gasteiger partial charge < -0.3 is 14.3 Å². The molecule has 7 nitrogen and oxygen atoms in total. The lowest BCUT2D eigenvalue weighted by Crippen LogP contribution is -2.46. The molecular formula is C27H25NO6S. The standard InChI is InChI=1S/C27H25NO6S/c1-17-9-11-20(12-10-17)35(31,32)28-25(27(29)30)23-15-24(34-26(23)19-13-14-33-16-19)22-8-4-6-18-5-2-3-7-21(18)22/h2-14,16,23-26,28H,15H2,1H3,(H,29,30)/t23-,24-,25?,26-/m1/s1. The van der Waals surface area contributed by atoms with Gasteiger partial charge in [-0.25, -0.2) is 8.42 Å². The van der Waals surface area contributed by atoms with Gasteiger partial charge in [0.2, 0.25) is 10.0 Å². The van der Waals surface area contributed by atoms with Crippen molar-refractivity contribution >= 4 is 26.8 Å². The molecule has 2 heterocycles. The number of fused-ring (bicyclic) bond motifs is 1. The maximum absolute atomic E-state index is 13.1. The van der Waals surface area contributed by atoms with E-state index < -0.39 is 40.2 Å². The molecule has 3 aromatic carbocycles. The Morgan fingerprint density at radius 1 is 1.03 bits per heavy atom. The fourth-order valence-corrected chi connectivity index (χ4v) is 6.02. The zero-order chi connectivity index (χ0) is 24.6. The quantitative estimate of drug-likeness (QED) is 0.377. The zero-order valence-corrected chi connectivity index (χ0v) is 19.8. The predicted octanol–water partition coefficient (Wildman–Crippen LogP) is 4.99. The van der Waals surface area contributed by atoms with E-state index in [4.69, 9.17) is 9.15 Å². The number of hydrogen-bond acceptors (Lipinski definition) is 5. The van der Waals surface area contributed by atoms with E-state index in [1.165, 1.54) is 24.7 Å². The molecule has 8 heteroatoms. The van der Waals surface area contributed by atoms with Crippen LogP contribution in [0, 0.1) is 12.8 Å². The first-order valence-corrected chi connectivity index (χ1v) is 12.8. The van der Waals surface area contributed by atoms with Gasteiger partial charge in [0.05, 0.1) is 29.6 Å². The average molecular weight is 492 g/mol. The summed E-state index contributed by atoms with van der Waals surface area (Å²) in [7, 11) is -4.08. The Labute approximate surface area is 203 Å². The van der Waals surface area contributed by atoms with Crippen molar-refractivity contribution < 1.29 is 27.5 Å². The molecule has 4 atom stereocenters. The monoisotopic (exact) mass is 491 g/mol. The van der Waals surface area contributed by atoms with E-state index >= 15 is 0 Å². The molecule has 0 bridgehead atoms. The summed E-state index contributed by atoms with van der Waals surface area (Å²) in [5.74, 6) is -1.93. The van der Waals surface area contributed by atoms with Crippen LogP contribution in [0.15, 0.2) is 94.6 Å². The zero-order valence-electron chi connectivity index (χ0n) is 19.0. The summed E-state index contributed by atoms with van der Waals surface area (Å²) in [5.41, 5.74) is 2.50. The SMILES string of the molecule is Cc1ccc(S(=O)(=O)NC(C(=O)O)[C@H]2C[C@H](c3cccc4ccccc34)O[C@@H]2c2ccoc2)cc1. The number of ether oxygens (including phenoxy) is 1. The highest BCUT2D eigenvalue weighted by Crippen LogP contribution is 2.48. The van der Waals surface area contributed by atoms with Gasteiger partial charge in [0, 0.05) is 11.5 Å². The van der Waals surface area contributed by atoms with Gasteiger partial charge in [0.1, 0.15) is 6.04 Å². The van der Waals surface area contributed by atoms with Crippen LogP contribution in [0.25, 0.3) is 10.8 Å². The molecule has 1 saturated heterocycles. The lowest BCUT2D eigenvalue weighted by molar-refractivity contribution is -0.141. The van der Waals surface area contributed by atoms with E-state index in [1.807, 2.05) is 49.4 Å². The minimum Gasteiger partial charge on any atom is -0.480 e. The minimum absolute atomic E-state index is 0.0127. The average Bonchev–Trinajstić information content (AvgIpc) is 3.52. The lowest BCUT2D eigenvalue weighted by atomic mass is 9.87. The van der Waals surface area contributed by atoms with E-state index in [9.17, 15) is 18.3 Å². The van der Waals surface area contributed by atoms with Crippen molar-refractivity contribution in [2.75, 3.05) is 0 Å². The first kappa shape index (κ1) is 23.3. The fraction of sp³-hybridized carbons (Fsp3) is 0.222. The Morgan fingerprint density at radius 3 is 2.49 bits per heavy atom. The smallest absolute Gasteiger partial charge is 0.322 e. The van der Waals surface area contributed by atoms with Gasteiger partial charge in [0.15, 0.2) is 0 Å². The molecule has 4 aromatic rings. The molecule has 1 aliphatic heterocycles. The number of hydrogen-bond donors (Lipinski definition) is 2. The largest absolute Gasteiger partial charge is 0.480 e. The van der Waals surface area contributed by atoms with Gasteiger partial charge in [0.25, 0.3) is 0 Å². The number of nitrogens with one attached hydrogen (secondary N) is 1. The highest BCUT2D eigenvalue weighted by molar-refractivity contribution is 7.89. The molecule has 0 aliphatic carbocycles. The molecule has 2 N–H and O–H groups in total. The van der Waals surface area contributed by atoms with Crippen LogP contribution < -0.4 is 4.72 Å². The third-order valence-corrected chi connectivity index (χ3v) is 7.99. The van der Waals surface area contributed by atoms with Crippen LogP contribution in [0.3, 0.4) is 0 Å². The second-order valence-electron chi connectivity index (χ2n) is 8.82. The summed E-state index contributed by atoms with van der Waals surface area (Å²) in [5, 5.41) is 12.2. The highest BCUT2D eigenvalue weighted by Gasteiger charge is 2.46. The fourth-order valence-electron chi connectivity index (χ4n) is 4.78. The summed E-state index contributed by atoms with van der Waals surface area (Å²) in [6.07, 6.45) is 2.23. The number of carbonyl (C=O) groups is 1. The first-order chi connectivity index (χ1) is 16.8. The number of aryl methyl sites for hydroxylation is 1. The lowest BCUT2D eigenvalue weighted by Gasteiger charge is -2.24.